The molecule has 104 valence electrons. The summed E-state index contributed by atoms with van der Waals surface area (Å²) in [6.07, 6.45) is 0.961. The van der Waals surface area contributed by atoms with E-state index in [0.717, 1.165) is 4.90 Å². The van der Waals surface area contributed by atoms with Crippen molar-refractivity contribution in [3.8, 4) is 0 Å². The Balaban J connectivity index is 2.10. The lowest BCUT2D eigenvalue weighted by Crippen LogP contribution is -2.54. The number of carboxylic acid groups (broad SMARTS) is 1. The molecule has 0 spiro atoms. The van der Waals surface area contributed by atoms with Crippen molar-refractivity contribution < 1.29 is 24.3 Å². The van der Waals surface area contributed by atoms with Crippen molar-refractivity contribution in [2.75, 3.05) is 19.6 Å². The van der Waals surface area contributed by atoms with Crippen LogP contribution in [0.4, 0.5) is 4.79 Å². The number of likely N-dealkylation sites (tertiary alicyclic amines) is 1. The van der Waals surface area contributed by atoms with E-state index in [2.05, 4.69) is 5.32 Å². The molecular weight excluding hydrogens is 254 g/mol. The molecule has 0 aliphatic carbocycles. The minimum absolute atomic E-state index is 0.123. The van der Waals surface area contributed by atoms with Gasteiger partial charge in [0.1, 0.15) is 12.1 Å². The van der Waals surface area contributed by atoms with Gasteiger partial charge in [-0.05, 0) is 19.8 Å². The van der Waals surface area contributed by atoms with E-state index < -0.39 is 35.9 Å². The molecule has 4 amide bonds. The van der Waals surface area contributed by atoms with E-state index in [0.29, 0.717) is 19.4 Å². The van der Waals surface area contributed by atoms with Gasteiger partial charge in [0.25, 0.3) is 5.91 Å². The van der Waals surface area contributed by atoms with Gasteiger partial charge in [0.2, 0.25) is 5.91 Å². The Bertz CT molecular complexity index is 447. The van der Waals surface area contributed by atoms with Gasteiger partial charge in [-0.15, -0.1) is 0 Å². The standard InChI is InChI=1S/C11H15N3O5/c1-11(9(17)18)3-2-4-14(11)8(16)6-13-7(15)5-12-10(13)19/h2-6H2,1H3,(H,12,19)(H,17,18). The molecule has 0 saturated carbocycles. The number of nitrogens with zero attached hydrogens (tertiary/aromatic N) is 2. The summed E-state index contributed by atoms with van der Waals surface area (Å²) in [5, 5.41) is 11.5. The molecule has 2 aliphatic heterocycles. The molecule has 0 bridgehead atoms. The minimum Gasteiger partial charge on any atom is -0.480 e. The lowest BCUT2D eigenvalue weighted by Gasteiger charge is -2.32. The molecule has 2 aliphatic rings. The SMILES string of the molecule is CC1(C(=O)O)CCCN1C(=O)CN1C(=O)CNC1=O. The van der Waals surface area contributed by atoms with Crippen LogP contribution in [0.5, 0.6) is 0 Å². The maximum absolute atomic E-state index is 12.1. The van der Waals surface area contributed by atoms with Crippen LogP contribution in [0.2, 0.25) is 0 Å². The number of amides is 4. The largest absolute Gasteiger partial charge is 0.480 e. The van der Waals surface area contributed by atoms with Crippen molar-refractivity contribution in [2.24, 2.45) is 0 Å². The summed E-state index contributed by atoms with van der Waals surface area (Å²) in [7, 11) is 0. The first-order chi connectivity index (χ1) is 8.86. The molecular formula is C11H15N3O5. The van der Waals surface area contributed by atoms with E-state index in [-0.39, 0.29) is 6.54 Å². The Hall–Kier alpha value is -2.12. The lowest BCUT2D eigenvalue weighted by atomic mass is 9.99. The summed E-state index contributed by atoms with van der Waals surface area (Å²) < 4.78 is 0. The molecule has 2 heterocycles. The Morgan fingerprint density at radius 3 is 2.63 bits per heavy atom. The second kappa shape index (κ2) is 4.52. The zero-order valence-corrected chi connectivity index (χ0v) is 10.5. The second-order valence-corrected chi connectivity index (χ2v) is 4.87. The van der Waals surface area contributed by atoms with Gasteiger partial charge >= 0.3 is 12.0 Å². The number of carboxylic acids is 1. The highest BCUT2D eigenvalue weighted by Gasteiger charge is 2.46. The van der Waals surface area contributed by atoms with Crippen molar-refractivity contribution in [2.45, 2.75) is 25.3 Å². The molecule has 0 aromatic rings. The quantitative estimate of drug-likeness (QED) is 0.639. The summed E-state index contributed by atoms with van der Waals surface area (Å²) >= 11 is 0. The summed E-state index contributed by atoms with van der Waals surface area (Å²) in [5.74, 6) is -2.07. The summed E-state index contributed by atoms with van der Waals surface area (Å²) in [5.41, 5.74) is -1.25. The Morgan fingerprint density at radius 2 is 2.11 bits per heavy atom. The number of hydrogen-bond acceptors (Lipinski definition) is 4. The number of hydrogen-bond donors (Lipinski definition) is 2. The van der Waals surface area contributed by atoms with Gasteiger partial charge in [-0.3, -0.25) is 14.5 Å². The topological polar surface area (TPSA) is 107 Å². The maximum atomic E-state index is 12.1. The highest BCUT2D eigenvalue weighted by atomic mass is 16.4. The zero-order chi connectivity index (χ0) is 14.2. The third-order valence-electron chi connectivity index (χ3n) is 3.63. The van der Waals surface area contributed by atoms with E-state index in [9.17, 15) is 24.3 Å². The molecule has 8 nitrogen and oxygen atoms in total. The molecule has 1 unspecified atom stereocenters. The fourth-order valence-corrected chi connectivity index (χ4v) is 2.42. The monoisotopic (exact) mass is 269 g/mol. The van der Waals surface area contributed by atoms with Gasteiger partial charge in [-0.2, -0.15) is 0 Å². The van der Waals surface area contributed by atoms with E-state index >= 15 is 0 Å². The smallest absolute Gasteiger partial charge is 0.329 e. The van der Waals surface area contributed by atoms with E-state index in [1.807, 2.05) is 0 Å². The van der Waals surface area contributed by atoms with Gasteiger partial charge in [0.15, 0.2) is 0 Å². The fourth-order valence-electron chi connectivity index (χ4n) is 2.42. The number of carbonyl (C=O) groups excluding carboxylic acids is 3. The molecule has 0 aromatic heterocycles. The molecule has 0 aromatic carbocycles. The molecule has 2 rings (SSSR count). The number of nitrogens with one attached hydrogen (secondary N) is 1. The molecule has 2 saturated heterocycles. The van der Waals surface area contributed by atoms with Crippen LogP contribution in [0.25, 0.3) is 0 Å². The van der Waals surface area contributed by atoms with Crippen molar-refractivity contribution in [3.05, 3.63) is 0 Å². The lowest BCUT2D eigenvalue weighted by molar-refractivity contribution is -0.155. The Kier molecular flexibility index (Phi) is 3.17. The van der Waals surface area contributed by atoms with E-state index in [1.54, 1.807) is 0 Å². The van der Waals surface area contributed by atoms with Crippen LogP contribution in [0, 0.1) is 0 Å². The zero-order valence-electron chi connectivity index (χ0n) is 10.5. The highest BCUT2D eigenvalue weighted by molar-refractivity contribution is 6.04. The first-order valence-electron chi connectivity index (χ1n) is 5.98. The van der Waals surface area contributed by atoms with Crippen LogP contribution >= 0.6 is 0 Å². The summed E-state index contributed by atoms with van der Waals surface area (Å²) in [6.45, 7) is 1.27. The number of carbonyl (C=O) groups is 4. The Morgan fingerprint density at radius 1 is 1.42 bits per heavy atom. The predicted molar refractivity (Wildman–Crippen MR) is 62.1 cm³/mol. The predicted octanol–water partition coefficient (Wildman–Crippen LogP) is -0.996. The average Bonchev–Trinajstić information content (AvgIpc) is 2.88. The maximum Gasteiger partial charge on any atom is 0.329 e. The third-order valence-corrected chi connectivity index (χ3v) is 3.63. The molecule has 2 fully saturated rings. The van der Waals surface area contributed by atoms with Crippen molar-refractivity contribution in [1.82, 2.24) is 15.1 Å². The van der Waals surface area contributed by atoms with Crippen molar-refractivity contribution in [1.29, 1.82) is 0 Å². The summed E-state index contributed by atoms with van der Waals surface area (Å²) in [4.78, 5) is 48.1. The van der Waals surface area contributed by atoms with Crippen LogP contribution in [0.15, 0.2) is 0 Å². The van der Waals surface area contributed by atoms with Crippen molar-refractivity contribution in [3.63, 3.8) is 0 Å². The molecule has 0 radical (unpaired) electrons. The minimum atomic E-state index is -1.25. The van der Waals surface area contributed by atoms with Crippen LogP contribution in [0.3, 0.4) is 0 Å². The van der Waals surface area contributed by atoms with Crippen LogP contribution in [-0.4, -0.2) is 63.9 Å². The Labute approximate surface area is 109 Å². The molecule has 1 atom stereocenters. The average molecular weight is 269 g/mol. The number of rotatable bonds is 3. The van der Waals surface area contributed by atoms with Crippen LogP contribution in [0.1, 0.15) is 19.8 Å². The molecule has 19 heavy (non-hydrogen) atoms. The van der Waals surface area contributed by atoms with Gasteiger partial charge in [0, 0.05) is 6.54 Å². The van der Waals surface area contributed by atoms with Gasteiger partial charge in [-0.1, -0.05) is 0 Å². The van der Waals surface area contributed by atoms with Crippen LogP contribution in [-0.2, 0) is 14.4 Å². The van der Waals surface area contributed by atoms with Gasteiger partial charge in [-0.25, -0.2) is 9.59 Å². The van der Waals surface area contributed by atoms with Crippen molar-refractivity contribution >= 4 is 23.8 Å². The summed E-state index contributed by atoms with van der Waals surface area (Å²) in [6, 6.07) is -0.616. The highest BCUT2D eigenvalue weighted by Crippen LogP contribution is 2.29. The number of imide groups is 1. The first-order valence-corrected chi connectivity index (χ1v) is 5.98. The normalized spacial score (nSPS) is 26.8. The number of urea groups is 1. The fraction of sp³-hybridized carbons (Fsp3) is 0.636. The second-order valence-electron chi connectivity index (χ2n) is 4.87. The van der Waals surface area contributed by atoms with Gasteiger partial charge < -0.3 is 15.3 Å². The number of aliphatic carboxylic acids is 1. The van der Waals surface area contributed by atoms with Gasteiger partial charge in [0.05, 0.1) is 6.54 Å². The first kappa shape index (κ1) is 13.3. The van der Waals surface area contributed by atoms with E-state index in [1.165, 1.54) is 11.8 Å². The third kappa shape index (κ3) is 2.13. The van der Waals surface area contributed by atoms with Crippen LogP contribution < -0.4 is 5.32 Å². The molecule has 8 heteroatoms. The van der Waals surface area contributed by atoms with E-state index in [4.69, 9.17) is 0 Å². The molecule has 2 N–H and O–H groups in total.